The number of nitrogens with zero attached hydrogens (tertiary/aromatic N) is 1. The van der Waals surface area contributed by atoms with E-state index in [1.54, 1.807) is 31.3 Å². The monoisotopic (exact) mass is 259 g/mol. The number of halogens is 1. The Morgan fingerprint density at radius 1 is 1.32 bits per heavy atom. The first-order valence-electron chi connectivity index (χ1n) is 5.91. The number of hydrogen-bond donors (Lipinski definition) is 2. The lowest BCUT2D eigenvalue weighted by atomic mass is 10.0. The lowest BCUT2D eigenvalue weighted by Crippen LogP contribution is -2.23. The molecule has 0 unspecified atom stereocenters. The van der Waals surface area contributed by atoms with Crippen molar-refractivity contribution in [3.8, 4) is 11.1 Å². The van der Waals surface area contributed by atoms with Crippen LogP contribution in [0, 0.1) is 5.82 Å². The van der Waals surface area contributed by atoms with Gasteiger partial charge in [-0.05, 0) is 36.8 Å². The number of amides is 1. The molecular formula is C14H14FN3O. The van der Waals surface area contributed by atoms with E-state index in [1.807, 2.05) is 0 Å². The summed E-state index contributed by atoms with van der Waals surface area (Å²) in [5, 5.41) is 2.56. The number of nitrogen functional groups attached to an aromatic ring is 1. The molecule has 0 saturated carbocycles. The van der Waals surface area contributed by atoms with Gasteiger partial charge in [0, 0.05) is 18.3 Å². The molecule has 4 nitrogen and oxygen atoms in total. The molecular weight excluding hydrogens is 245 g/mol. The van der Waals surface area contributed by atoms with Crippen LogP contribution in [0.3, 0.4) is 0 Å². The van der Waals surface area contributed by atoms with Crippen LogP contribution in [0.25, 0.3) is 11.1 Å². The van der Waals surface area contributed by atoms with Crippen LogP contribution in [0.5, 0.6) is 0 Å². The molecule has 5 heteroatoms. The van der Waals surface area contributed by atoms with Gasteiger partial charge in [0.15, 0.2) is 0 Å². The molecule has 1 aromatic heterocycles. The molecule has 1 amide bonds. The fraction of sp³-hybridized carbons (Fsp3) is 0.143. The number of pyridine rings is 1. The molecule has 1 heterocycles. The number of anilines is 1. The molecule has 2 aromatic rings. The van der Waals surface area contributed by atoms with Crippen LogP contribution in [0.15, 0.2) is 36.5 Å². The highest BCUT2D eigenvalue weighted by Gasteiger charge is 2.11. The first-order chi connectivity index (χ1) is 9.11. The fourth-order valence-corrected chi connectivity index (χ4v) is 1.71. The minimum absolute atomic E-state index is 0.0361. The van der Waals surface area contributed by atoms with E-state index in [4.69, 9.17) is 5.73 Å². The third-order valence-corrected chi connectivity index (χ3v) is 2.67. The van der Waals surface area contributed by atoms with Gasteiger partial charge in [-0.25, -0.2) is 9.37 Å². The number of nitrogens with two attached hydrogens (primary N) is 1. The second kappa shape index (κ2) is 5.48. The normalized spacial score (nSPS) is 10.2. The second-order valence-electron chi connectivity index (χ2n) is 4.03. The van der Waals surface area contributed by atoms with Crippen molar-refractivity contribution in [2.75, 3.05) is 12.3 Å². The van der Waals surface area contributed by atoms with Gasteiger partial charge in [0.25, 0.3) is 5.91 Å². The van der Waals surface area contributed by atoms with Crippen molar-refractivity contribution in [1.82, 2.24) is 10.3 Å². The van der Waals surface area contributed by atoms with Gasteiger partial charge in [0.1, 0.15) is 11.6 Å². The summed E-state index contributed by atoms with van der Waals surface area (Å²) in [5.74, 6) is -0.564. The van der Waals surface area contributed by atoms with E-state index in [0.717, 1.165) is 5.56 Å². The largest absolute Gasteiger partial charge is 0.384 e. The van der Waals surface area contributed by atoms with Crippen molar-refractivity contribution in [3.05, 3.63) is 47.9 Å². The molecule has 0 fully saturated rings. The van der Waals surface area contributed by atoms with E-state index >= 15 is 0 Å². The maximum absolute atomic E-state index is 13.9. The van der Waals surface area contributed by atoms with E-state index in [2.05, 4.69) is 10.3 Å². The molecule has 0 radical (unpaired) electrons. The Labute approximate surface area is 110 Å². The van der Waals surface area contributed by atoms with Gasteiger partial charge in [0.2, 0.25) is 0 Å². The van der Waals surface area contributed by atoms with Gasteiger partial charge in [-0.2, -0.15) is 0 Å². The summed E-state index contributed by atoms with van der Waals surface area (Å²) in [6.45, 7) is 2.24. The van der Waals surface area contributed by atoms with Crippen LogP contribution in [-0.2, 0) is 0 Å². The molecule has 0 spiro atoms. The SMILES string of the molecule is CCNC(=O)c1ccc(-c2ccc(N)nc2)cc1F. The van der Waals surface area contributed by atoms with Gasteiger partial charge >= 0.3 is 0 Å². The predicted octanol–water partition coefficient (Wildman–Crippen LogP) is 2.22. The van der Waals surface area contributed by atoms with Crippen LogP contribution < -0.4 is 11.1 Å². The molecule has 1 aromatic carbocycles. The molecule has 0 aliphatic heterocycles. The van der Waals surface area contributed by atoms with Crippen molar-refractivity contribution < 1.29 is 9.18 Å². The Kier molecular flexibility index (Phi) is 3.75. The zero-order chi connectivity index (χ0) is 13.8. The molecule has 0 saturated heterocycles. The van der Waals surface area contributed by atoms with E-state index in [1.165, 1.54) is 12.1 Å². The zero-order valence-corrected chi connectivity index (χ0v) is 10.5. The summed E-state index contributed by atoms with van der Waals surface area (Å²) in [6, 6.07) is 7.86. The van der Waals surface area contributed by atoms with E-state index < -0.39 is 11.7 Å². The third kappa shape index (κ3) is 2.88. The van der Waals surface area contributed by atoms with Crippen molar-refractivity contribution in [2.24, 2.45) is 0 Å². The minimum atomic E-state index is -0.555. The standard InChI is InChI=1S/C14H14FN3O/c1-2-17-14(19)11-5-3-9(7-12(11)15)10-4-6-13(16)18-8-10/h3-8H,2H2,1H3,(H2,16,18)(H,17,19). The third-order valence-electron chi connectivity index (χ3n) is 2.67. The number of carbonyl (C=O) groups excluding carboxylic acids is 1. The van der Waals surface area contributed by atoms with E-state index in [0.29, 0.717) is 17.9 Å². The Morgan fingerprint density at radius 2 is 2.05 bits per heavy atom. The summed E-state index contributed by atoms with van der Waals surface area (Å²) >= 11 is 0. The summed E-state index contributed by atoms with van der Waals surface area (Å²) in [6.07, 6.45) is 1.57. The van der Waals surface area contributed by atoms with Crippen LogP contribution in [-0.4, -0.2) is 17.4 Å². The average molecular weight is 259 g/mol. The van der Waals surface area contributed by atoms with E-state index in [9.17, 15) is 9.18 Å². The molecule has 0 bridgehead atoms. The Balaban J connectivity index is 2.33. The Hall–Kier alpha value is -2.43. The van der Waals surface area contributed by atoms with Crippen LogP contribution in [0.4, 0.5) is 10.2 Å². The zero-order valence-electron chi connectivity index (χ0n) is 10.5. The molecule has 2 rings (SSSR count). The fourth-order valence-electron chi connectivity index (χ4n) is 1.71. The van der Waals surface area contributed by atoms with Crippen molar-refractivity contribution in [1.29, 1.82) is 0 Å². The number of hydrogen-bond acceptors (Lipinski definition) is 3. The lowest BCUT2D eigenvalue weighted by Gasteiger charge is -2.06. The summed E-state index contributed by atoms with van der Waals surface area (Å²) in [7, 11) is 0. The van der Waals surface area contributed by atoms with E-state index in [-0.39, 0.29) is 5.56 Å². The molecule has 0 aliphatic rings. The summed E-state index contributed by atoms with van der Waals surface area (Å²) in [5.41, 5.74) is 6.93. The highest BCUT2D eigenvalue weighted by atomic mass is 19.1. The highest BCUT2D eigenvalue weighted by Crippen LogP contribution is 2.21. The van der Waals surface area contributed by atoms with Crippen molar-refractivity contribution in [3.63, 3.8) is 0 Å². The first kappa shape index (κ1) is 13.0. The van der Waals surface area contributed by atoms with Crippen molar-refractivity contribution in [2.45, 2.75) is 6.92 Å². The lowest BCUT2D eigenvalue weighted by molar-refractivity contribution is 0.0952. The summed E-state index contributed by atoms with van der Waals surface area (Å²) < 4.78 is 13.9. The van der Waals surface area contributed by atoms with Gasteiger partial charge in [-0.3, -0.25) is 4.79 Å². The highest BCUT2D eigenvalue weighted by molar-refractivity contribution is 5.94. The van der Waals surface area contributed by atoms with Crippen LogP contribution in [0.1, 0.15) is 17.3 Å². The average Bonchev–Trinajstić information content (AvgIpc) is 2.39. The molecule has 98 valence electrons. The Bertz CT molecular complexity index is 596. The quantitative estimate of drug-likeness (QED) is 0.888. The van der Waals surface area contributed by atoms with Crippen molar-refractivity contribution >= 4 is 11.7 Å². The van der Waals surface area contributed by atoms with Gasteiger partial charge in [-0.15, -0.1) is 0 Å². The van der Waals surface area contributed by atoms with Gasteiger partial charge in [-0.1, -0.05) is 6.07 Å². The number of aromatic nitrogens is 1. The second-order valence-corrected chi connectivity index (χ2v) is 4.03. The number of nitrogens with one attached hydrogen (secondary N) is 1. The predicted molar refractivity (Wildman–Crippen MR) is 72.1 cm³/mol. The van der Waals surface area contributed by atoms with Crippen LogP contribution >= 0.6 is 0 Å². The Morgan fingerprint density at radius 3 is 2.63 bits per heavy atom. The maximum Gasteiger partial charge on any atom is 0.254 e. The number of benzene rings is 1. The van der Waals surface area contributed by atoms with Gasteiger partial charge < -0.3 is 11.1 Å². The van der Waals surface area contributed by atoms with Gasteiger partial charge in [0.05, 0.1) is 5.56 Å². The number of carbonyl (C=O) groups is 1. The molecule has 3 N–H and O–H groups in total. The summed E-state index contributed by atoms with van der Waals surface area (Å²) in [4.78, 5) is 15.5. The number of rotatable bonds is 3. The smallest absolute Gasteiger partial charge is 0.254 e. The molecule has 0 aliphatic carbocycles. The molecule has 19 heavy (non-hydrogen) atoms. The topological polar surface area (TPSA) is 68.0 Å². The minimum Gasteiger partial charge on any atom is -0.384 e. The maximum atomic E-state index is 13.9. The first-order valence-corrected chi connectivity index (χ1v) is 5.91. The molecule has 0 atom stereocenters. The van der Waals surface area contributed by atoms with Crippen LogP contribution in [0.2, 0.25) is 0 Å².